The SMILES string of the molecule is CSc1cc(=O)ccs1. The van der Waals surface area contributed by atoms with E-state index >= 15 is 0 Å². The molecule has 0 aromatic carbocycles. The van der Waals surface area contributed by atoms with Crippen LogP contribution < -0.4 is 5.43 Å². The lowest BCUT2D eigenvalue weighted by Gasteiger charge is -1.87. The Bertz CT molecular complexity index is 241. The first-order chi connectivity index (χ1) is 4.33. The Balaban J connectivity index is 3.08. The maximum atomic E-state index is 10.6. The quantitative estimate of drug-likeness (QED) is 0.580. The topological polar surface area (TPSA) is 17.1 Å². The highest BCUT2D eigenvalue weighted by atomic mass is 32.2. The smallest absolute Gasteiger partial charge is 0.181 e. The molecule has 0 spiro atoms. The molecule has 0 aliphatic rings. The van der Waals surface area contributed by atoms with Crippen LogP contribution in [-0.4, -0.2) is 6.26 Å². The maximum absolute atomic E-state index is 10.6. The van der Waals surface area contributed by atoms with Crippen molar-refractivity contribution >= 4 is 23.1 Å². The van der Waals surface area contributed by atoms with Crippen LogP contribution in [0.25, 0.3) is 0 Å². The second-order valence-electron chi connectivity index (χ2n) is 1.49. The third kappa shape index (κ3) is 1.84. The summed E-state index contributed by atoms with van der Waals surface area (Å²) < 4.78 is 1.07. The minimum Gasteiger partial charge on any atom is -0.290 e. The van der Waals surface area contributed by atoms with E-state index in [2.05, 4.69) is 0 Å². The van der Waals surface area contributed by atoms with Gasteiger partial charge in [-0.1, -0.05) is 0 Å². The van der Waals surface area contributed by atoms with Crippen LogP contribution >= 0.6 is 23.1 Å². The number of hydrogen-bond donors (Lipinski definition) is 0. The van der Waals surface area contributed by atoms with Crippen molar-refractivity contribution < 1.29 is 0 Å². The van der Waals surface area contributed by atoms with Crippen molar-refractivity contribution in [2.75, 3.05) is 6.26 Å². The fourth-order valence-electron chi connectivity index (χ4n) is 0.473. The Morgan fingerprint density at radius 1 is 1.67 bits per heavy atom. The summed E-state index contributed by atoms with van der Waals surface area (Å²) in [5.41, 5.74) is 0.0955. The van der Waals surface area contributed by atoms with Gasteiger partial charge in [-0.25, -0.2) is 0 Å². The van der Waals surface area contributed by atoms with E-state index in [4.69, 9.17) is 0 Å². The molecule has 3 heteroatoms. The van der Waals surface area contributed by atoms with Gasteiger partial charge in [0, 0.05) is 6.07 Å². The van der Waals surface area contributed by atoms with Crippen molar-refractivity contribution in [3.05, 3.63) is 27.7 Å². The van der Waals surface area contributed by atoms with Gasteiger partial charge in [0.2, 0.25) is 0 Å². The first kappa shape index (κ1) is 6.83. The summed E-state index contributed by atoms with van der Waals surface area (Å²) in [4.78, 5) is 10.6. The Morgan fingerprint density at radius 3 is 2.89 bits per heavy atom. The summed E-state index contributed by atoms with van der Waals surface area (Å²) in [6.07, 6.45) is 1.96. The van der Waals surface area contributed by atoms with Crippen molar-refractivity contribution in [3.63, 3.8) is 0 Å². The lowest BCUT2D eigenvalue weighted by molar-refractivity contribution is 1.56. The molecule has 0 bridgehead atoms. The molecule has 0 saturated heterocycles. The van der Waals surface area contributed by atoms with Crippen molar-refractivity contribution in [1.29, 1.82) is 0 Å². The van der Waals surface area contributed by atoms with E-state index in [1.165, 1.54) is 0 Å². The van der Waals surface area contributed by atoms with Gasteiger partial charge < -0.3 is 0 Å². The first-order valence-electron chi connectivity index (χ1n) is 2.46. The van der Waals surface area contributed by atoms with Gasteiger partial charge in [-0.15, -0.1) is 23.1 Å². The van der Waals surface area contributed by atoms with Crippen LogP contribution in [0.3, 0.4) is 0 Å². The average molecular weight is 158 g/mol. The van der Waals surface area contributed by atoms with Gasteiger partial charge in [0.05, 0.1) is 4.21 Å². The molecule has 1 rings (SSSR count). The monoisotopic (exact) mass is 158 g/mol. The molecular formula is C6H6OS2. The third-order valence-electron chi connectivity index (χ3n) is 0.878. The molecule has 1 aromatic heterocycles. The summed E-state index contributed by atoms with van der Waals surface area (Å²) in [6, 6.07) is 3.22. The summed E-state index contributed by atoms with van der Waals surface area (Å²) in [7, 11) is 0. The molecule has 0 fully saturated rings. The Kier molecular flexibility index (Phi) is 2.30. The van der Waals surface area contributed by atoms with Gasteiger partial charge in [0.1, 0.15) is 0 Å². The molecule has 9 heavy (non-hydrogen) atoms. The maximum Gasteiger partial charge on any atom is 0.181 e. The van der Waals surface area contributed by atoms with E-state index in [0.717, 1.165) is 4.21 Å². The van der Waals surface area contributed by atoms with E-state index in [1.807, 2.05) is 11.6 Å². The van der Waals surface area contributed by atoms with Gasteiger partial charge in [-0.2, -0.15) is 0 Å². The summed E-state index contributed by atoms with van der Waals surface area (Å²) in [5.74, 6) is 0. The molecular weight excluding hydrogens is 152 g/mol. The zero-order valence-electron chi connectivity index (χ0n) is 4.96. The number of thioether (sulfide) groups is 1. The average Bonchev–Trinajstić information content (AvgIpc) is 1.88. The molecule has 0 radical (unpaired) electrons. The van der Waals surface area contributed by atoms with Crippen molar-refractivity contribution in [1.82, 2.24) is 0 Å². The molecule has 1 aromatic rings. The number of rotatable bonds is 1. The van der Waals surface area contributed by atoms with Crippen LogP contribution in [0.15, 0.2) is 26.5 Å². The Morgan fingerprint density at radius 2 is 2.44 bits per heavy atom. The minimum atomic E-state index is 0.0955. The summed E-state index contributed by atoms with van der Waals surface area (Å²) >= 11 is 3.19. The highest BCUT2D eigenvalue weighted by Gasteiger charge is 1.87. The van der Waals surface area contributed by atoms with Crippen molar-refractivity contribution in [3.8, 4) is 0 Å². The van der Waals surface area contributed by atoms with E-state index in [9.17, 15) is 4.79 Å². The van der Waals surface area contributed by atoms with Gasteiger partial charge in [0.25, 0.3) is 0 Å². The Labute approximate surface area is 61.7 Å². The fraction of sp³-hybridized carbons (Fsp3) is 0.167. The largest absolute Gasteiger partial charge is 0.290 e. The zero-order valence-corrected chi connectivity index (χ0v) is 6.59. The van der Waals surface area contributed by atoms with Crippen molar-refractivity contribution in [2.45, 2.75) is 4.21 Å². The second kappa shape index (κ2) is 3.03. The van der Waals surface area contributed by atoms with Crippen LogP contribution in [0.2, 0.25) is 0 Å². The Hall–Kier alpha value is -0.280. The molecule has 0 atom stereocenters. The van der Waals surface area contributed by atoms with E-state index in [1.54, 1.807) is 35.2 Å². The van der Waals surface area contributed by atoms with Crippen LogP contribution in [0.1, 0.15) is 0 Å². The standard InChI is InChI=1S/C6H6OS2/c1-8-6-4-5(7)2-3-9-6/h2-4H,1H3. The van der Waals surface area contributed by atoms with Crippen LogP contribution in [-0.2, 0) is 0 Å². The lowest BCUT2D eigenvalue weighted by atomic mass is 10.6. The van der Waals surface area contributed by atoms with Gasteiger partial charge in [-0.3, -0.25) is 4.79 Å². The predicted molar refractivity (Wildman–Crippen MR) is 42.4 cm³/mol. The summed E-state index contributed by atoms with van der Waals surface area (Å²) in [5, 5.41) is 1.81. The number of hydrogen-bond acceptors (Lipinski definition) is 3. The summed E-state index contributed by atoms with van der Waals surface area (Å²) in [6.45, 7) is 0. The molecule has 0 aliphatic carbocycles. The third-order valence-corrected chi connectivity index (χ3v) is 2.81. The van der Waals surface area contributed by atoms with E-state index < -0.39 is 0 Å². The normalized spacial score (nSPS) is 9.44. The van der Waals surface area contributed by atoms with Gasteiger partial charge >= 0.3 is 0 Å². The zero-order chi connectivity index (χ0) is 6.69. The predicted octanol–water partition coefficient (Wildman–Crippen LogP) is 1.83. The molecule has 1 heterocycles. The highest BCUT2D eigenvalue weighted by Crippen LogP contribution is 2.15. The molecule has 0 unspecified atom stereocenters. The molecule has 0 aliphatic heterocycles. The minimum absolute atomic E-state index is 0.0955. The fourth-order valence-corrected chi connectivity index (χ4v) is 1.78. The van der Waals surface area contributed by atoms with E-state index in [0.29, 0.717) is 0 Å². The van der Waals surface area contributed by atoms with Gasteiger partial charge in [0.15, 0.2) is 5.43 Å². The molecule has 0 saturated carbocycles. The van der Waals surface area contributed by atoms with Gasteiger partial charge in [-0.05, 0) is 17.7 Å². The highest BCUT2D eigenvalue weighted by molar-refractivity contribution is 8.00. The van der Waals surface area contributed by atoms with Crippen molar-refractivity contribution in [2.24, 2.45) is 0 Å². The second-order valence-corrected chi connectivity index (χ2v) is 3.54. The molecule has 0 amide bonds. The molecule has 48 valence electrons. The van der Waals surface area contributed by atoms with Crippen LogP contribution in [0, 0.1) is 0 Å². The lowest BCUT2D eigenvalue weighted by Crippen LogP contribution is -1.92. The first-order valence-corrected chi connectivity index (χ1v) is 4.56. The van der Waals surface area contributed by atoms with Crippen LogP contribution in [0.5, 0.6) is 0 Å². The van der Waals surface area contributed by atoms with E-state index in [-0.39, 0.29) is 5.43 Å². The van der Waals surface area contributed by atoms with Crippen LogP contribution in [0.4, 0.5) is 0 Å². The molecule has 1 nitrogen and oxygen atoms in total. The molecule has 0 N–H and O–H groups in total.